The number of nitrogens with one attached hydrogen (secondary N) is 4. The molecule has 0 saturated heterocycles. The number of benzene rings is 4. The molecule has 0 saturated carbocycles. The van der Waals surface area contributed by atoms with Crippen LogP contribution in [0, 0.1) is 0 Å². The highest BCUT2D eigenvalue weighted by Crippen LogP contribution is 2.43. The van der Waals surface area contributed by atoms with Crippen LogP contribution in [0.25, 0.3) is 0 Å². The van der Waals surface area contributed by atoms with Crippen molar-refractivity contribution in [3.8, 4) is 23.0 Å². The molecule has 4 aliphatic heterocycles. The summed E-state index contributed by atoms with van der Waals surface area (Å²) in [6, 6.07) is 36.0. The van der Waals surface area contributed by atoms with E-state index in [1.807, 2.05) is 81.1 Å². The van der Waals surface area contributed by atoms with Gasteiger partial charge in [-0.15, -0.1) is 12.6 Å². The third-order valence-corrected chi connectivity index (χ3v) is 18.0. The van der Waals surface area contributed by atoms with Gasteiger partial charge in [-0.05, 0) is 154 Å². The van der Waals surface area contributed by atoms with Gasteiger partial charge in [0, 0.05) is 116 Å². The van der Waals surface area contributed by atoms with E-state index < -0.39 is 10.6 Å². The van der Waals surface area contributed by atoms with E-state index in [2.05, 4.69) is 67.6 Å². The molecular formula is C78H87N11O15S3. The molecule has 4 aromatic heterocycles. The zero-order valence-corrected chi connectivity index (χ0v) is 62.5. The number of hydrogen-bond acceptors (Lipinski definition) is 20. The zero-order chi connectivity index (χ0) is 76.1. The highest BCUT2D eigenvalue weighted by Gasteiger charge is 2.39. The van der Waals surface area contributed by atoms with Gasteiger partial charge in [0.2, 0.25) is 11.8 Å². The summed E-state index contributed by atoms with van der Waals surface area (Å²) in [6.07, 6.45) is 9.62. The Bertz CT molecular complexity index is 4840. The highest BCUT2D eigenvalue weighted by atomic mass is 32.2. The van der Waals surface area contributed by atoms with Crippen LogP contribution in [0.15, 0.2) is 139 Å². The molecule has 562 valence electrons. The minimum atomic E-state index is -3.11. The second-order valence-electron chi connectivity index (χ2n) is 27.1. The lowest BCUT2D eigenvalue weighted by Gasteiger charge is -2.23. The van der Waals surface area contributed by atoms with Crippen molar-refractivity contribution in [2.75, 3.05) is 61.0 Å². The summed E-state index contributed by atoms with van der Waals surface area (Å²) >= 11 is 8.88. The topological polar surface area (TPSA) is 327 Å². The van der Waals surface area contributed by atoms with E-state index in [-0.39, 0.29) is 138 Å². The molecule has 4 N–H and O–H groups in total. The maximum Gasteiger partial charge on any atom is 0.425 e. The molecule has 0 aliphatic carbocycles. The standard InChI is InChI=1S/C39H43N5O6S.C38H40N6O6S.CH4.O3S/c1-39(2,51)23-40-37(47)31-17-24(22-43(31)3)18-32(45)29-10-7-12-35(41-29)42-36(46)13-8-16-50-34-20-25-14-15-27-19-26-9-5-6-11-30(26)44(27)38(48)28(25)21-33(34)49-4;1-38(2,51)22-40-36(47)30-15-23(21-43(30)3)16-31(45)27-10-7-12-34(41-27)42-35(46)13-8-14-50-33-19-28-26(18-32(33)49-4)37(48)44-25(20-39-28)17-24-9-5-6-11-29(24)44;;1-4(2)3/h5-7,9-12,17,20-22,27,51H,8,13-16,18-19,23H2,1-4H3,(H,40,47)(H,41,42,46);5-7,9-12,15,18-21,25,51H,8,13-14,16-17,22H2,1-4H3,(H,40,47)(H,41,42,46);1H4;/t27-;25-;;/m10../s1. The predicted octanol–water partition coefficient (Wildman–Crippen LogP) is 10.6. The summed E-state index contributed by atoms with van der Waals surface area (Å²) in [4.78, 5) is 121. The Morgan fingerprint density at radius 2 is 1.03 bits per heavy atom. The fourth-order valence-corrected chi connectivity index (χ4v) is 12.8. The molecular weight excluding hydrogens is 1430 g/mol. The smallest absolute Gasteiger partial charge is 0.425 e. The maximum atomic E-state index is 13.7. The molecule has 8 aromatic rings. The average molecular weight is 1510 g/mol. The summed E-state index contributed by atoms with van der Waals surface area (Å²) in [5.74, 6) is 0.634. The van der Waals surface area contributed by atoms with Crippen molar-refractivity contribution in [1.82, 2.24) is 29.7 Å². The number of Topliss-reactive ketones (excluding diaryl/α,β-unsaturated/α-hetero) is 2. The van der Waals surface area contributed by atoms with Crippen LogP contribution in [-0.4, -0.2) is 147 Å². The quantitative estimate of drug-likeness (QED) is 0.0167. The Morgan fingerprint density at radius 3 is 1.52 bits per heavy atom. The number of aliphatic imine (C=N–C) groups is 1. The highest BCUT2D eigenvalue weighted by molar-refractivity contribution is 7.82. The van der Waals surface area contributed by atoms with Gasteiger partial charge < -0.3 is 54.2 Å². The number of para-hydroxylation sites is 2. The fourth-order valence-electron chi connectivity index (χ4n) is 12.7. The van der Waals surface area contributed by atoms with Crippen molar-refractivity contribution < 1.29 is 69.9 Å². The number of rotatable bonds is 26. The van der Waals surface area contributed by atoms with Crippen molar-refractivity contribution >= 4 is 118 Å². The molecule has 0 radical (unpaired) electrons. The molecule has 29 heteroatoms. The normalized spacial score (nSPS) is 14.3. The summed E-state index contributed by atoms with van der Waals surface area (Å²) in [5, 5.41) is 11.2. The number of hydrogen-bond donors (Lipinski definition) is 6. The summed E-state index contributed by atoms with van der Waals surface area (Å²) < 4.78 is 51.2. The zero-order valence-electron chi connectivity index (χ0n) is 59.9. The average Bonchev–Trinajstić information content (AvgIpc) is 1.63. The number of fused-ring (bicyclic) bond motifs is 8. The molecule has 2 atom stereocenters. The van der Waals surface area contributed by atoms with Crippen LogP contribution in [0.5, 0.6) is 23.0 Å². The van der Waals surface area contributed by atoms with Gasteiger partial charge in [-0.25, -0.2) is 9.97 Å². The van der Waals surface area contributed by atoms with Crippen molar-refractivity contribution in [2.45, 2.75) is 121 Å². The number of ketones is 2. The molecule has 4 aromatic carbocycles. The van der Waals surface area contributed by atoms with Crippen molar-refractivity contribution in [2.24, 2.45) is 19.1 Å². The number of pyridine rings is 2. The second kappa shape index (κ2) is 35.5. The first-order chi connectivity index (χ1) is 50.5. The number of aromatic nitrogens is 4. The van der Waals surface area contributed by atoms with Gasteiger partial charge >= 0.3 is 10.6 Å². The van der Waals surface area contributed by atoms with Gasteiger partial charge in [0.15, 0.2) is 34.6 Å². The van der Waals surface area contributed by atoms with E-state index >= 15 is 0 Å². The van der Waals surface area contributed by atoms with E-state index in [0.29, 0.717) is 94.7 Å². The van der Waals surface area contributed by atoms with E-state index in [1.54, 1.807) is 121 Å². The lowest BCUT2D eigenvalue weighted by molar-refractivity contribution is -0.117. The minimum Gasteiger partial charge on any atom is -0.493 e. The first kappa shape index (κ1) is 80.2. The monoisotopic (exact) mass is 1510 g/mol. The number of methoxy groups -OCH3 is 2. The number of amides is 6. The number of aryl methyl sites for hydroxylation is 3. The van der Waals surface area contributed by atoms with E-state index in [9.17, 15) is 38.4 Å². The van der Waals surface area contributed by atoms with Crippen LogP contribution in [0.1, 0.15) is 158 Å². The molecule has 4 aliphatic rings. The maximum absolute atomic E-state index is 13.7. The number of ether oxygens (including phenoxy) is 4. The Hall–Kier alpha value is -10.9. The summed E-state index contributed by atoms with van der Waals surface area (Å²) in [7, 11) is 3.44. The lowest BCUT2D eigenvalue weighted by Crippen LogP contribution is -2.37. The summed E-state index contributed by atoms with van der Waals surface area (Å²) in [6.45, 7) is 8.88. The molecule has 6 amide bonds. The van der Waals surface area contributed by atoms with E-state index in [4.69, 9.17) is 31.6 Å². The number of thiol groups is 2. The van der Waals surface area contributed by atoms with Gasteiger partial charge in [-0.3, -0.25) is 48.2 Å². The van der Waals surface area contributed by atoms with Crippen molar-refractivity contribution in [1.29, 1.82) is 0 Å². The second-order valence-corrected chi connectivity index (χ2v) is 30.0. The molecule has 0 bridgehead atoms. The number of carbonyl (C=O) groups excluding carboxylic acids is 8. The van der Waals surface area contributed by atoms with Gasteiger partial charge in [0.1, 0.15) is 34.4 Å². The van der Waals surface area contributed by atoms with Crippen molar-refractivity contribution in [3.05, 3.63) is 195 Å². The first-order valence-corrected chi connectivity index (χ1v) is 36.2. The van der Waals surface area contributed by atoms with Crippen LogP contribution < -0.4 is 50.0 Å². The number of carbonyl (C=O) groups is 8. The van der Waals surface area contributed by atoms with E-state index in [0.717, 1.165) is 41.8 Å². The van der Waals surface area contributed by atoms with Gasteiger partial charge in [-0.2, -0.15) is 25.3 Å². The molecule has 0 unspecified atom stereocenters. The van der Waals surface area contributed by atoms with Crippen LogP contribution in [0.4, 0.5) is 28.7 Å². The summed E-state index contributed by atoms with van der Waals surface area (Å²) in [5.41, 5.74) is 9.26. The van der Waals surface area contributed by atoms with Crippen LogP contribution in [0.2, 0.25) is 0 Å². The fraction of sp³-hybridized carbons (Fsp3) is 0.346. The van der Waals surface area contributed by atoms with Crippen LogP contribution >= 0.6 is 25.3 Å². The Labute approximate surface area is 633 Å². The Morgan fingerprint density at radius 1 is 0.570 bits per heavy atom. The molecule has 8 heterocycles. The Kier molecular flexibility index (Phi) is 26.6. The van der Waals surface area contributed by atoms with Crippen LogP contribution in [-0.2, 0) is 66.4 Å². The van der Waals surface area contributed by atoms with Crippen LogP contribution in [0.3, 0.4) is 0 Å². The number of anilines is 4. The first-order valence-electron chi connectivity index (χ1n) is 34.3. The molecule has 0 spiro atoms. The molecule has 26 nitrogen and oxygen atoms in total. The largest absolute Gasteiger partial charge is 0.493 e. The third-order valence-electron chi connectivity index (χ3n) is 17.7. The molecule has 107 heavy (non-hydrogen) atoms. The molecule has 0 fully saturated rings. The van der Waals surface area contributed by atoms with Gasteiger partial charge in [0.25, 0.3) is 23.6 Å². The van der Waals surface area contributed by atoms with Gasteiger partial charge in [0.05, 0.1) is 44.7 Å². The third kappa shape index (κ3) is 20.8. The number of nitrogens with zero attached hydrogens (tertiary/aromatic N) is 7. The van der Waals surface area contributed by atoms with E-state index in [1.165, 1.54) is 12.7 Å². The molecule has 12 rings (SSSR count). The predicted molar refractivity (Wildman–Crippen MR) is 413 cm³/mol. The SMILES string of the molecule is C.COc1cc2c(cc1OCCCC(=O)Nc1cccc(C(=O)Cc3cc(C(=O)NCC(C)(C)S)n(C)c3)n1)CC[C@@H]1Cc3ccccc3N1C2=O.COc1cc2c(cc1OCCCC(=O)Nc1cccc(C(=O)Cc3cc(C(=O)NCC(C)(C)S)n(C)c3)n1)N=C[C@@H]1Cc3ccccc3N1C2=O.O=S(=O)=O. The Balaban J connectivity index is 0.000000233. The van der Waals surface area contributed by atoms with Crippen molar-refractivity contribution in [3.63, 3.8) is 0 Å². The lowest BCUT2D eigenvalue weighted by atomic mass is 9.99. The minimum absolute atomic E-state index is 0. The van der Waals surface area contributed by atoms with Gasteiger partial charge in [-0.1, -0.05) is 56.0 Å².